The number of para-hydroxylation sites is 1. The van der Waals surface area contributed by atoms with E-state index in [1.165, 1.54) is 28.4 Å². The van der Waals surface area contributed by atoms with E-state index < -0.39 is 11.7 Å². The van der Waals surface area contributed by atoms with Crippen LogP contribution in [0.4, 0.5) is 15.2 Å². The Bertz CT molecular complexity index is 731. The Morgan fingerprint density at radius 1 is 1.45 bits per heavy atom. The van der Waals surface area contributed by atoms with Gasteiger partial charge in [0.25, 0.3) is 0 Å². The van der Waals surface area contributed by atoms with Gasteiger partial charge >= 0.3 is 0 Å². The lowest BCUT2D eigenvalue weighted by Gasteiger charge is -2.17. The molecule has 1 N–H and O–H groups in total. The van der Waals surface area contributed by atoms with Gasteiger partial charge in [0.15, 0.2) is 5.13 Å². The van der Waals surface area contributed by atoms with Gasteiger partial charge in [0.1, 0.15) is 5.82 Å². The van der Waals surface area contributed by atoms with Crippen molar-refractivity contribution in [2.75, 3.05) is 16.8 Å². The van der Waals surface area contributed by atoms with E-state index in [1.807, 2.05) is 12.3 Å². The normalized spacial score (nSPS) is 17.8. The second-order valence-electron chi connectivity index (χ2n) is 5.14. The molecular weight excluding hydrogens is 305 g/mol. The van der Waals surface area contributed by atoms with Gasteiger partial charge in [-0.15, -0.1) is 11.3 Å². The molecule has 1 fully saturated rings. The SMILES string of the molecule is Cc1csc(NC(=O)[C@H]2CC(=O)N(c3ccccc3F)C2)n1. The molecule has 5 nitrogen and oxygen atoms in total. The van der Waals surface area contributed by atoms with Gasteiger partial charge in [0.2, 0.25) is 11.8 Å². The zero-order valence-electron chi connectivity index (χ0n) is 11.9. The summed E-state index contributed by atoms with van der Waals surface area (Å²) in [5, 5.41) is 5.06. The Morgan fingerprint density at radius 2 is 2.23 bits per heavy atom. The monoisotopic (exact) mass is 319 g/mol. The highest BCUT2D eigenvalue weighted by Crippen LogP contribution is 2.28. The molecule has 22 heavy (non-hydrogen) atoms. The van der Waals surface area contributed by atoms with Crippen LogP contribution in [0, 0.1) is 18.7 Å². The number of aromatic nitrogens is 1. The Kier molecular flexibility index (Phi) is 3.89. The van der Waals surface area contributed by atoms with Crippen molar-refractivity contribution >= 4 is 34.0 Å². The number of halogens is 1. The number of thiazole rings is 1. The zero-order chi connectivity index (χ0) is 15.7. The first-order valence-electron chi connectivity index (χ1n) is 6.82. The fourth-order valence-corrected chi connectivity index (χ4v) is 3.10. The second kappa shape index (κ2) is 5.84. The molecular formula is C15H14FN3O2S. The van der Waals surface area contributed by atoms with E-state index in [0.29, 0.717) is 5.13 Å². The van der Waals surface area contributed by atoms with Crippen molar-refractivity contribution in [1.29, 1.82) is 0 Å². The zero-order valence-corrected chi connectivity index (χ0v) is 12.7. The highest BCUT2D eigenvalue weighted by atomic mass is 32.1. The van der Waals surface area contributed by atoms with Crippen LogP contribution >= 0.6 is 11.3 Å². The van der Waals surface area contributed by atoms with E-state index in [4.69, 9.17) is 0 Å². The maximum atomic E-state index is 13.8. The van der Waals surface area contributed by atoms with E-state index in [0.717, 1.165) is 5.69 Å². The molecule has 0 spiro atoms. The van der Waals surface area contributed by atoms with Crippen LogP contribution in [-0.2, 0) is 9.59 Å². The van der Waals surface area contributed by atoms with Crippen molar-refractivity contribution < 1.29 is 14.0 Å². The maximum absolute atomic E-state index is 13.8. The quantitative estimate of drug-likeness (QED) is 0.946. The molecule has 1 saturated heterocycles. The van der Waals surface area contributed by atoms with Gasteiger partial charge in [0.05, 0.1) is 17.3 Å². The first-order chi connectivity index (χ1) is 10.5. The number of hydrogen-bond donors (Lipinski definition) is 1. The molecule has 1 aliphatic heterocycles. The maximum Gasteiger partial charge on any atom is 0.231 e. The number of carbonyl (C=O) groups excluding carboxylic acids is 2. The largest absolute Gasteiger partial charge is 0.309 e. The number of rotatable bonds is 3. The van der Waals surface area contributed by atoms with Crippen molar-refractivity contribution in [3.63, 3.8) is 0 Å². The van der Waals surface area contributed by atoms with Crippen LogP contribution < -0.4 is 10.2 Å². The molecule has 1 aromatic carbocycles. The van der Waals surface area contributed by atoms with E-state index in [1.54, 1.807) is 12.1 Å². The molecule has 2 amide bonds. The molecule has 7 heteroatoms. The van der Waals surface area contributed by atoms with Crippen LogP contribution in [-0.4, -0.2) is 23.3 Å². The minimum atomic E-state index is -0.503. The van der Waals surface area contributed by atoms with Crippen LogP contribution in [0.3, 0.4) is 0 Å². The molecule has 1 aromatic heterocycles. The van der Waals surface area contributed by atoms with E-state index in [2.05, 4.69) is 10.3 Å². The summed E-state index contributed by atoms with van der Waals surface area (Å²) >= 11 is 1.34. The number of carbonyl (C=O) groups is 2. The standard InChI is InChI=1S/C15H14FN3O2S/c1-9-8-22-15(17-9)18-14(21)10-6-13(20)19(7-10)12-5-3-2-4-11(12)16/h2-5,8,10H,6-7H2,1H3,(H,17,18,21)/t10-/m0/s1. The molecule has 0 saturated carbocycles. The Morgan fingerprint density at radius 3 is 2.91 bits per heavy atom. The average molecular weight is 319 g/mol. The highest BCUT2D eigenvalue weighted by Gasteiger charge is 2.36. The van der Waals surface area contributed by atoms with Crippen LogP contribution in [0.2, 0.25) is 0 Å². The third-order valence-electron chi connectivity index (χ3n) is 3.49. The molecule has 0 bridgehead atoms. The van der Waals surface area contributed by atoms with Crippen molar-refractivity contribution in [3.05, 3.63) is 41.2 Å². The predicted octanol–water partition coefficient (Wildman–Crippen LogP) is 2.58. The number of amides is 2. The minimum Gasteiger partial charge on any atom is -0.309 e. The number of anilines is 2. The van der Waals surface area contributed by atoms with Crippen LogP contribution in [0.5, 0.6) is 0 Å². The van der Waals surface area contributed by atoms with Gasteiger partial charge < -0.3 is 10.2 Å². The number of nitrogens with one attached hydrogen (secondary N) is 1. The van der Waals surface area contributed by atoms with Crippen molar-refractivity contribution in [1.82, 2.24) is 4.98 Å². The summed E-state index contributed by atoms with van der Waals surface area (Å²) in [5.74, 6) is -1.48. The van der Waals surface area contributed by atoms with Crippen LogP contribution in [0.15, 0.2) is 29.6 Å². The molecule has 0 unspecified atom stereocenters. The molecule has 2 aromatic rings. The molecule has 2 heterocycles. The highest BCUT2D eigenvalue weighted by molar-refractivity contribution is 7.13. The van der Waals surface area contributed by atoms with Gasteiger partial charge in [-0.25, -0.2) is 9.37 Å². The molecule has 0 radical (unpaired) electrons. The third-order valence-corrected chi connectivity index (χ3v) is 4.36. The van der Waals surface area contributed by atoms with Gasteiger partial charge in [-0.3, -0.25) is 9.59 Å². The third kappa shape index (κ3) is 2.85. The summed E-state index contributed by atoms with van der Waals surface area (Å²) in [6.45, 7) is 2.02. The van der Waals surface area contributed by atoms with Gasteiger partial charge in [0, 0.05) is 18.3 Å². The summed E-state index contributed by atoms with van der Waals surface area (Å²) in [6.07, 6.45) is 0.0739. The van der Waals surface area contributed by atoms with E-state index in [-0.39, 0.29) is 30.5 Å². The van der Waals surface area contributed by atoms with Crippen molar-refractivity contribution in [2.45, 2.75) is 13.3 Å². The molecule has 114 valence electrons. The smallest absolute Gasteiger partial charge is 0.231 e. The topological polar surface area (TPSA) is 62.3 Å². The fraction of sp³-hybridized carbons (Fsp3) is 0.267. The van der Waals surface area contributed by atoms with E-state index in [9.17, 15) is 14.0 Å². The molecule has 1 atom stereocenters. The van der Waals surface area contributed by atoms with Crippen LogP contribution in [0.25, 0.3) is 0 Å². The Balaban J connectivity index is 1.71. The van der Waals surface area contributed by atoms with Crippen molar-refractivity contribution in [2.24, 2.45) is 5.92 Å². The molecule has 1 aliphatic rings. The lowest BCUT2D eigenvalue weighted by Crippen LogP contribution is -2.28. The number of hydrogen-bond acceptors (Lipinski definition) is 4. The summed E-state index contributed by atoms with van der Waals surface area (Å²) in [5.41, 5.74) is 1.05. The predicted molar refractivity (Wildman–Crippen MR) is 82.3 cm³/mol. The number of aryl methyl sites for hydroxylation is 1. The average Bonchev–Trinajstić information content (AvgIpc) is 3.06. The lowest BCUT2D eigenvalue weighted by molar-refractivity contribution is -0.122. The summed E-state index contributed by atoms with van der Waals surface area (Å²) in [4.78, 5) is 29.8. The van der Waals surface area contributed by atoms with Crippen LogP contribution in [0.1, 0.15) is 12.1 Å². The Labute approximate surface area is 130 Å². The second-order valence-corrected chi connectivity index (χ2v) is 6.00. The summed E-state index contributed by atoms with van der Waals surface area (Å²) in [6, 6.07) is 6.07. The molecule has 0 aliphatic carbocycles. The first kappa shape index (κ1) is 14.6. The number of benzene rings is 1. The van der Waals surface area contributed by atoms with Crippen molar-refractivity contribution in [3.8, 4) is 0 Å². The van der Waals surface area contributed by atoms with Gasteiger partial charge in [-0.2, -0.15) is 0 Å². The fourth-order valence-electron chi connectivity index (χ4n) is 2.41. The first-order valence-corrected chi connectivity index (χ1v) is 7.70. The minimum absolute atomic E-state index is 0.0739. The Hall–Kier alpha value is -2.28. The van der Waals surface area contributed by atoms with Gasteiger partial charge in [-0.1, -0.05) is 12.1 Å². The van der Waals surface area contributed by atoms with E-state index >= 15 is 0 Å². The summed E-state index contributed by atoms with van der Waals surface area (Å²) < 4.78 is 13.8. The van der Waals surface area contributed by atoms with Gasteiger partial charge in [-0.05, 0) is 19.1 Å². The lowest BCUT2D eigenvalue weighted by atomic mass is 10.1. The molecule has 3 rings (SSSR count). The number of nitrogens with zero attached hydrogens (tertiary/aromatic N) is 2. The summed E-state index contributed by atoms with van der Waals surface area (Å²) in [7, 11) is 0.